The second-order valence-corrected chi connectivity index (χ2v) is 8.14. The fourth-order valence-corrected chi connectivity index (χ4v) is 3.92. The lowest BCUT2D eigenvalue weighted by atomic mass is 9.99. The fourth-order valence-electron chi connectivity index (χ4n) is 3.92. The van der Waals surface area contributed by atoms with Crippen LogP contribution in [0.3, 0.4) is 0 Å². The van der Waals surface area contributed by atoms with Crippen molar-refractivity contribution in [2.75, 3.05) is 23.3 Å². The van der Waals surface area contributed by atoms with Crippen molar-refractivity contribution >= 4 is 23.2 Å². The topological polar surface area (TPSA) is 61.4 Å². The third-order valence-corrected chi connectivity index (χ3v) is 5.81. The number of amides is 2. The van der Waals surface area contributed by atoms with Gasteiger partial charge in [0.1, 0.15) is 0 Å². The van der Waals surface area contributed by atoms with Gasteiger partial charge in [0.15, 0.2) is 0 Å². The maximum absolute atomic E-state index is 12.6. The standard InChI is InChI=1S/C26H24F3N3O2/c27-26(28,29)21-7-9-22(10-8-21)31-25(34)24(33)30-15-13-18-5-11-23(12-6-18)32-16-14-19-3-1-2-4-20(19)17-32/h1-12H,13-17H2,(H,30,33)(H,31,34). The molecule has 0 unspecified atom stereocenters. The first-order valence-electron chi connectivity index (χ1n) is 11.0. The highest BCUT2D eigenvalue weighted by Gasteiger charge is 2.30. The summed E-state index contributed by atoms with van der Waals surface area (Å²) >= 11 is 0. The first kappa shape index (κ1) is 23.4. The monoisotopic (exact) mass is 467 g/mol. The largest absolute Gasteiger partial charge is 0.416 e. The normalized spacial score (nSPS) is 13.2. The number of rotatable bonds is 5. The van der Waals surface area contributed by atoms with E-state index in [0.29, 0.717) is 6.42 Å². The van der Waals surface area contributed by atoms with Crippen molar-refractivity contribution in [3.05, 3.63) is 95.1 Å². The number of carbonyl (C=O) groups excluding carboxylic acids is 2. The molecule has 176 valence electrons. The molecule has 2 amide bonds. The zero-order valence-corrected chi connectivity index (χ0v) is 18.4. The maximum Gasteiger partial charge on any atom is 0.416 e. The van der Waals surface area contributed by atoms with Crippen LogP contribution in [0.5, 0.6) is 0 Å². The number of fused-ring (bicyclic) bond motifs is 1. The molecule has 1 aliphatic rings. The summed E-state index contributed by atoms with van der Waals surface area (Å²) in [5.74, 6) is -1.77. The minimum absolute atomic E-state index is 0.115. The van der Waals surface area contributed by atoms with E-state index in [1.165, 1.54) is 11.1 Å². The van der Waals surface area contributed by atoms with Crippen LogP contribution >= 0.6 is 0 Å². The van der Waals surface area contributed by atoms with Gasteiger partial charge in [0, 0.05) is 31.0 Å². The third-order valence-electron chi connectivity index (χ3n) is 5.81. The van der Waals surface area contributed by atoms with Gasteiger partial charge in [0.2, 0.25) is 0 Å². The highest BCUT2D eigenvalue weighted by atomic mass is 19.4. The molecule has 0 bridgehead atoms. The maximum atomic E-state index is 12.6. The lowest BCUT2D eigenvalue weighted by Crippen LogP contribution is -2.36. The zero-order valence-electron chi connectivity index (χ0n) is 18.4. The molecule has 5 nitrogen and oxygen atoms in total. The summed E-state index contributed by atoms with van der Waals surface area (Å²) < 4.78 is 37.8. The summed E-state index contributed by atoms with van der Waals surface area (Å²) in [5, 5.41) is 4.83. The van der Waals surface area contributed by atoms with Crippen molar-refractivity contribution in [3.63, 3.8) is 0 Å². The van der Waals surface area contributed by atoms with Gasteiger partial charge >= 0.3 is 18.0 Å². The number of nitrogens with one attached hydrogen (secondary N) is 2. The number of nitrogens with zero attached hydrogens (tertiary/aromatic N) is 1. The fraction of sp³-hybridized carbons (Fsp3) is 0.231. The molecule has 0 saturated carbocycles. The molecule has 0 atom stereocenters. The molecule has 2 N–H and O–H groups in total. The molecule has 0 fully saturated rings. The van der Waals surface area contributed by atoms with Gasteiger partial charge in [0.05, 0.1) is 5.56 Å². The smallest absolute Gasteiger partial charge is 0.367 e. The highest BCUT2D eigenvalue weighted by molar-refractivity contribution is 6.39. The molecule has 0 saturated heterocycles. The number of hydrogen-bond donors (Lipinski definition) is 2. The predicted molar refractivity (Wildman–Crippen MR) is 124 cm³/mol. The molecule has 0 radical (unpaired) electrons. The molecule has 1 aliphatic heterocycles. The van der Waals surface area contributed by atoms with E-state index in [4.69, 9.17) is 0 Å². The van der Waals surface area contributed by atoms with Crippen molar-refractivity contribution in [1.29, 1.82) is 0 Å². The Labute approximate surface area is 195 Å². The summed E-state index contributed by atoms with van der Waals surface area (Å²) in [4.78, 5) is 26.3. The van der Waals surface area contributed by atoms with Crippen LogP contribution in [0.1, 0.15) is 22.3 Å². The number of hydrogen-bond acceptors (Lipinski definition) is 3. The van der Waals surface area contributed by atoms with E-state index < -0.39 is 23.6 Å². The number of carbonyl (C=O) groups is 2. The van der Waals surface area contributed by atoms with Gasteiger partial charge in [-0.25, -0.2) is 0 Å². The van der Waals surface area contributed by atoms with Crippen molar-refractivity contribution < 1.29 is 22.8 Å². The van der Waals surface area contributed by atoms with E-state index >= 15 is 0 Å². The van der Waals surface area contributed by atoms with Crippen LogP contribution < -0.4 is 15.5 Å². The minimum Gasteiger partial charge on any atom is -0.367 e. The lowest BCUT2D eigenvalue weighted by molar-refractivity contribution is -0.137. The van der Waals surface area contributed by atoms with Crippen LogP contribution in [0.25, 0.3) is 0 Å². The van der Waals surface area contributed by atoms with E-state index in [1.807, 2.05) is 12.1 Å². The summed E-state index contributed by atoms with van der Waals surface area (Å²) in [5.41, 5.74) is 4.18. The SMILES string of the molecule is O=C(NCCc1ccc(N2CCc3ccccc3C2)cc1)C(=O)Nc1ccc(C(F)(F)F)cc1. The minimum atomic E-state index is -4.46. The Hall–Kier alpha value is -3.81. The number of anilines is 2. The summed E-state index contributed by atoms with van der Waals surface area (Å²) in [6.45, 7) is 2.09. The van der Waals surface area contributed by atoms with Crippen LogP contribution in [0.15, 0.2) is 72.8 Å². The molecule has 1 heterocycles. The van der Waals surface area contributed by atoms with E-state index in [0.717, 1.165) is 55.0 Å². The van der Waals surface area contributed by atoms with Crippen molar-refractivity contribution in [1.82, 2.24) is 5.32 Å². The Kier molecular flexibility index (Phi) is 6.86. The van der Waals surface area contributed by atoms with E-state index in [1.54, 1.807) is 0 Å². The van der Waals surface area contributed by atoms with Crippen LogP contribution in [0, 0.1) is 0 Å². The summed E-state index contributed by atoms with van der Waals surface area (Å²) in [6, 6.07) is 20.5. The van der Waals surface area contributed by atoms with Crippen molar-refractivity contribution in [3.8, 4) is 0 Å². The molecule has 0 spiro atoms. The van der Waals surface area contributed by atoms with E-state index in [-0.39, 0.29) is 12.2 Å². The van der Waals surface area contributed by atoms with Gasteiger partial charge < -0.3 is 15.5 Å². The van der Waals surface area contributed by atoms with Crippen molar-refractivity contribution in [2.24, 2.45) is 0 Å². The first-order chi connectivity index (χ1) is 16.3. The summed E-state index contributed by atoms with van der Waals surface area (Å²) in [6.07, 6.45) is -2.90. The van der Waals surface area contributed by atoms with Gasteiger partial charge in [-0.1, -0.05) is 36.4 Å². The Balaban J connectivity index is 1.23. The molecule has 3 aromatic carbocycles. The first-order valence-corrected chi connectivity index (χ1v) is 11.0. The van der Waals surface area contributed by atoms with Crippen LogP contribution in [0.2, 0.25) is 0 Å². The van der Waals surface area contributed by atoms with Gasteiger partial charge in [-0.3, -0.25) is 9.59 Å². The average Bonchev–Trinajstić information content (AvgIpc) is 2.84. The molecule has 0 aromatic heterocycles. The molecule has 3 aromatic rings. The third kappa shape index (κ3) is 5.75. The molecular weight excluding hydrogens is 443 g/mol. The predicted octanol–water partition coefficient (Wildman–Crippen LogP) is 4.57. The molecule has 34 heavy (non-hydrogen) atoms. The second-order valence-electron chi connectivity index (χ2n) is 8.14. The summed E-state index contributed by atoms with van der Waals surface area (Å²) in [7, 11) is 0. The van der Waals surface area contributed by atoms with Crippen molar-refractivity contribution in [2.45, 2.75) is 25.6 Å². The van der Waals surface area contributed by atoms with Crippen LogP contribution in [-0.4, -0.2) is 24.9 Å². The lowest BCUT2D eigenvalue weighted by Gasteiger charge is -2.30. The zero-order chi connectivity index (χ0) is 24.1. The highest BCUT2D eigenvalue weighted by Crippen LogP contribution is 2.30. The Morgan fingerprint density at radius 3 is 2.21 bits per heavy atom. The Morgan fingerprint density at radius 1 is 0.853 bits per heavy atom. The Morgan fingerprint density at radius 2 is 1.53 bits per heavy atom. The second kappa shape index (κ2) is 9.99. The van der Waals surface area contributed by atoms with Gasteiger partial charge in [-0.2, -0.15) is 13.2 Å². The van der Waals surface area contributed by atoms with Gasteiger partial charge in [0.25, 0.3) is 0 Å². The molecule has 0 aliphatic carbocycles. The van der Waals surface area contributed by atoms with Crippen LogP contribution in [0.4, 0.5) is 24.5 Å². The number of halogens is 3. The van der Waals surface area contributed by atoms with E-state index in [2.05, 4.69) is 51.9 Å². The van der Waals surface area contributed by atoms with Gasteiger partial charge in [-0.15, -0.1) is 0 Å². The molecule has 4 rings (SSSR count). The number of alkyl halides is 3. The van der Waals surface area contributed by atoms with E-state index in [9.17, 15) is 22.8 Å². The number of benzene rings is 3. The molecular formula is C26H24F3N3O2. The molecule has 8 heteroatoms. The quantitative estimate of drug-likeness (QED) is 0.541. The van der Waals surface area contributed by atoms with Gasteiger partial charge in [-0.05, 0) is 65.9 Å². The van der Waals surface area contributed by atoms with Crippen LogP contribution in [-0.2, 0) is 35.2 Å². The average molecular weight is 467 g/mol. The Bertz CT molecular complexity index is 1160.